The molecule has 4 rings (SSSR count). The summed E-state index contributed by atoms with van der Waals surface area (Å²) in [5, 5.41) is 3.94. The summed E-state index contributed by atoms with van der Waals surface area (Å²) in [5.41, 5.74) is 2.68. The van der Waals surface area contributed by atoms with E-state index in [0.29, 0.717) is 22.5 Å². The molecule has 2 atom stereocenters. The Morgan fingerprint density at radius 3 is 2.42 bits per heavy atom. The Labute approximate surface area is 195 Å². The number of hydrogen-bond donors (Lipinski definition) is 2. The number of nitrogens with one attached hydrogen (secondary N) is 1. The van der Waals surface area contributed by atoms with Crippen molar-refractivity contribution in [1.29, 1.82) is 0 Å². The Balaban J connectivity index is 1.75. The monoisotopic (exact) mass is 459 g/mol. The number of para-hydroxylation sites is 2. The van der Waals surface area contributed by atoms with Gasteiger partial charge in [0.15, 0.2) is 0 Å². The maximum Gasteiger partial charge on any atom is 0.266 e. The minimum atomic E-state index is -2.43. The lowest BCUT2D eigenvalue weighted by molar-refractivity contribution is 0.0935. The molecule has 1 heterocycles. The lowest BCUT2D eigenvalue weighted by atomic mass is 10.0. The molecule has 0 saturated heterocycles. The first-order valence-corrected chi connectivity index (χ1v) is 11.9. The molecule has 0 radical (unpaired) electrons. The molecule has 0 spiro atoms. The molecule has 0 fully saturated rings. The number of rotatable bonds is 8. The highest BCUT2D eigenvalue weighted by Gasteiger charge is 2.25. The molecule has 168 valence electrons. The molecule has 3 aromatic carbocycles. The van der Waals surface area contributed by atoms with Gasteiger partial charge in [-0.1, -0.05) is 74.0 Å². The van der Waals surface area contributed by atoms with E-state index in [-0.39, 0.29) is 11.9 Å². The Morgan fingerprint density at radius 2 is 1.67 bits per heavy atom. The van der Waals surface area contributed by atoms with Crippen LogP contribution < -0.4 is 9.62 Å². The fourth-order valence-corrected chi connectivity index (χ4v) is 4.57. The highest BCUT2D eigenvalue weighted by atomic mass is 32.2. The summed E-state index contributed by atoms with van der Waals surface area (Å²) in [6.07, 6.45) is 3.31. The number of carbonyl (C=O) groups excluding carboxylic acids is 1. The first kappa shape index (κ1) is 22.6. The maximum atomic E-state index is 13.4. The van der Waals surface area contributed by atoms with E-state index in [9.17, 15) is 13.6 Å². The van der Waals surface area contributed by atoms with Crippen LogP contribution in [0, 0.1) is 0 Å². The van der Waals surface area contributed by atoms with Gasteiger partial charge in [0.25, 0.3) is 17.2 Å². The van der Waals surface area contributed by atoms with E-state index in [2.05, 4.69) is 17.2 Å². The van der Waals surface area contributed by atoms with Gasteiger partial charge in [0, 0.05) is 11.6 Å². The van der Waals surface area contributed by atoms with Gasteiger partial charge in [-0.15, -0.1) is 0 Å². The van der Waals surface area contributed by atoms with Crippen molar-refractivity contribution in [3.63, 3.8) is 0 Å². The van der Waals surface area contributed by atoms with Crippen LogP contribution in [0.3, 0.4) is 0 Å². The maximum absolute atomic E-state index is 13.4. The normalized spacial score (nSPS) is 12.8. The van der Waals surface area contributed by atoms with Gasteiger partial charge in [-0.3, -0.25) is 14.3 Å². The van der Waals surface area contributed by atoms with Gasteiger partial charge in [0.2, 0.25) is 0 Å². The van der Waals surface area contributed by atoms with Crippen LogP contribution in [-0.2, 0) is 11.3 Å². The van der Waals surface area contributed by atoms with Crippen LogP contribution in [0.15, 0.2) is 91.1 Å². The number of pyridine rings is 1. The van der Waals surface area contributed by atoms with Crippen molar-refractivity contribution in [1.82, 2.24) is 10.3 Å². The number of aromatic nitrogens is 1. The molecule has 2 N–H and O–H groups in total. The van der Waals surface area contributed by atoms with E-state index in [0.717, 1.165) is 23.8 Å². The molecule has 1 aromatic heterocycles. The summed E-state index contributed by atoms with van der Waals surface area (Å²) in [6.45, 7) is 2.07. The number of fused-ring (bicyclic) bond motifs is 1. The van der Waals surface area contributed by atoms with E-state index in [4.69, 9.17) is 0 Å². The molecule has 6 nitrogen and oxygen atoms in total. The third kappa shape index (κ3) is 4.94. The molecule has 0 bridgehead atoms. The summed E-state index contributed by atoms with van der Waals surface area (Å²) in [5.74, 6) is -0.309. The van der Waals surface area contributed by atoms with Crippen LogP contribution in [0.1, 0.15) is 41.7 Å². The molecule has 0 aliphatic heterocycles. The van der Waals surface area contributed by atoms with Crippen LogP contribution in [0.25, 0.3) is 10.9 Å². The zero-order chi connectivity index (χ0) is 23.2. The van der Waals surface area contributed by atoms with E-state index in [1.54, 1.807) is 42.6 Å². The predicted molar refractivity (Wildman–Crippen MR) is 133 cm³/mol. The minimum Gasteiger partial charge on any atom is -0.345 e. The van der Waals surface area contributed by atoms with Crippen molar-refractivity contribution in [3.05, 3.63) is 102 Å². The van der Waals surface area contributed by atoms with Gasteiger partial charge in [0.1, 0.15) is 0 Å². The SMILES string of the molecule is CCCC(NC(=O)c1ccccc1N(c1cccc2cccnc12)S(=O)O)c1ccccc1. The van der Waals surface area contributed by atoms with Crippen LogP contribution in [0.4, 0.5) is 11.4 Å². The van der Waals surface area contributed by atoms with Crippen molar-refractivity contribution >= 4 is 39.5 Å². The van der Waals surface area contributed by atoms with Crippen LogP contribution in [0.5, 0.6) is 0 Å². The average Bonchev–Trinajstić information content (AvgIpc) is 2.85. The molecule has 1 amide bonds. The summed E-state index contributed by atoms with van der Waals surface area (Å²) in [4.78, 5) is 17.8. The second-order valence-corrected chi connectivity index (χ2v) is 8.45. The predicted octanol–water partition coefficient (Wildman–Crippen LogP) is 5.78. The van der Waals surface area contributed by atoms with Crippen molar-refractivity contribution in [2.75, 3.05) is 4.31 Å². The quantitative estimate of drug-likeness (QED) is 0.327. The van der Waals surface area contributed by atoms with Gasteiger partial charge >= 0.3 is 0 Å². The van der Waals surface area contributed by atoms with E-state index < -0.39 is 11.3 Å². The third-order valence-corrected chi connectivity index (χ3v) is 6.14. The smallest absolute Gasteiger partial charge is 0.266 e. The topological polar surface area (TPSA) is 82.5 Å². The Hall–Kier alpha value is -3.55. The van der Waals surface area contributed by atoms with Crippen LogP contribution >= 0.6 is 0 Å². The standard InChI is InChI=1S/C26H25N3O3S/c1-2-10-22(19-11-4-3-5-12-19)28-26(30)21-15-6-7-16-23(21)29(33(31)32)24-17-8-13-20-14-9-18-27-25(20)24/h3-9,11-18,22H,2,10H2,1H3,(H,28,30)(H,31,32). The number of nitrogens with zero attached hydrogens (tertiary/aromatic N) is 2. The van der Waals surface area contributed by atoms with Gasteiger partial charge < -0.3 is 5.32 Å². The zero-order valence-corrected chi connectivity index (χ0v) is 19.0. The fourth-order valence-electron chi connectivity index (χ4n) is 3.92. The molecule has 33 heavy (non-hydrogen) atoms. The highest BCUT2D eigenvalue weighted by Crippen LogP contribution is 2.34. The first-order valence-electron chi connectivity index (χ1n) is 10.8. The molecule has 4 aromatic rings. The number of amides is 1. The molecule has 0 saturated carbocycles. The number of hydrogen-bond acceptors (Lipinski definition) is 3. The average molecular weight is 460 g/mol. The number of benzene rings is 3. The zero-order valence-electron chi connectivity index (χ0n) is 18.2. The molecule has 2 unspecified atom stereocenters. The second kappa shape index (κ2) is 10.4. The lowest BCUT2D eigenvalue weighted by Gasteiger charge is -2.25. The fraction of sp³-hybridized carbons (Fsp3) is 0.154. The van der Waals surface area contributed by atoms with Crippen LogP contribution in [-0.4, -0.2) is 19.7 Å². The summed E-state index contributed by atoms with van der Waals surface area (Å²) < 4.78 is 24.0. The van der Waals surface area contributed by atoms with Gasteiger partial charge in [-0.25, -0.2) is 8.51 Å². The van der Waals surface area contributed by atoms with E-state index >= 15 is 0 Å². The molecule has 0 aliphatic carbocycles. The van der Waals surface area contributed by atoms with E-state index in [1.165, 1.54) is 4.31 Å². The Kier molecular flexibility index (Phi) is 7.12. The highest BCUT2D eigenvalue weighted by molar-refractivity contribution is 7.81. The largest absolute Gasteiger partial charge is 0.345 e. The summed E-state index contributed by atoms with van der Waals surface area (Å²) >= 11 is -2.43. The molecule has 7 heteroatoms. The molecular formula is C26H25N3O3S. The summed E-state index contributed by atoms with van der Waals surface area (Å²) in [7, 11) is 0. The van der Waals surface area contributed by atoms with Crippen molar-refractivity contribution in [2.24, 2.45) is 0 Å². The van der Waals surface area contributed by atoms with Crippen molar-refractivity contribution < 1.29 is 13.6 Å². The lowest BCUT2D eigenvalue weighted by Crippen LogP contribution is -2.31. The first-order chi connectivity index (χ1) is 16.1. The third-order valence-electron chi connectivity index (χ3n) is 5.44. The Morgan fingerprint density at radius 1 is 0.970 bits per heavy atom. The minimum absolute atomic E-state index is 0.163. The van der Waals surface area contributed by atoms with Crippen molar-refractivity contribution in [2.45, 2.75) is 25.8 Å². The number of anilines is 2. The van der Waals surface area contributed by atoms with Crippen molar-refractivity contribution in [3.8, 4) is 0 Å². The molecule has 0 aliphatic rings. The molecular weight excluding hydrogens is 434 g/mol. The second-order valence-electron chi connectivity index (χ2n) is 7.62. The van der Waals surface area contributed by atoms with Gasteiger partial charge in [-0.2, -0.15) is 0 Å². The Bertz CT molecular complexity index is 1270. The van der Waals surface area contributed by atoms with Gasteiger partial charge in [-0.05, 0) is 36.2 Å². The van der Waals surface area contributed by atoms with E-state index in [1.807, 2.05) is 48.5 Å². The number of carbonyl (C=O) groups is 1. The van der Waals surface area contributed by atoms with Gasteiger partial charge in [0.05, 0.1) is 28.5 Å². The van der Waals surface area contributed by atoms with Crippen LogP contribution in [0.2, 0.25) is 0 Å². The summed E-state index contributed by atoms with van der Waals surface area (Å²) in [6, 6.07) is 25.6.